The molecule has 0 aliphatic heterocycles. The van der Waals surface area contributed by atoms with Crippen LogP contribution in [0.4, 0.5) is 0 Å². The lowest BCUT2D eigenvalue weighted by Crippen LogP contribution is -1.78. The molecule has 0 bridgehead atoms. The van der Waals surface area contributed by atoms with Crippen LogP contribution in [0.25, 0.3) is 22.4 Å². The van der Waals surface area contributed by atoms with Gasteiger partial charge in [0.25, 0.3) is 5.89 Å². The summed E-state index contributed by atoms with van der Waals surface area (Å²) in [4.78, 5) is 4.87. The summed E-state index contributed by atoms with van der Waals surface area (Å²) in [5.41, 5.74) is 0.532. The van der Waals surface area contributed by atoms with Crippen molar-refractivity contribution in [1.29, 1.82) is 5.26 Å². The third-order valence-corrected chi connectivity index (χ3v) is 3.05. The average molecular weight is 243 g/mol. The van der Waals surface area contributed by atoms with E-state index in [0.29, 0.717) is 27.9 Å². The molecule has 0 amide bonds. The number of nitrogens with zero attached hydrogens (tertiary/aromatic N) is 3. The lowest BCUT2D eigenvalue weighted by Gasteiger charge is -1.86. The van der Waals surface area contributed by atoms with Crippen molar-refractivity contribution >= 4 is 11.3 Å². The zero-order valence-electron chi connectivity index (χ0n) is 8.45. The maximum absolute atomic E-state index is 8.91. The van der Waals surface area contributed by atoms with Crippen LogP contribution < -0.4 is 0 Å². The van der Waals surface area contributed by atoms with E-state index in [4.69, 9.17) is 14.2 Å². The van der Waals surface area contributed by atoms with Gasteiger partial charge in [0.15, 0.2) is 5.76 Å². The van der Waals surface area contributed by atoms with Crippen molar-refractivity contribution in [1.82, 2.24) is 10.1 Å². The van der Waals surface area contributed by atoms with Gasteiger partial charge < -0.3 is 8.94 Å². The highest BCUT2D eigenvalue weighted by molar-refractivity contribution is 7.13. The summed E-state index contributed by atoms with van der Waals surface area (Å²) in [5, 5.41) is 14.5. The maximum Gasteiger partial charge on any atom is 0.269 e. The average Bonchev–Trinajstić information content (AvgIpc) is 3.09. The number of thiophene rings is 1. The molecule has 3 aromatic rings. The molecule has 17 heavy (non-hydrogen) atoms. The van der Waals surface area contributed by atoms with Gasteiger partial charge in [-0.15, -0.1) is 11.3 Å². The van der Waals surface area contributed by atoms with Crippen molar-refractivity contribution in [3.05, 3.63) is 35.4 Å². The summed E-state index contributed by atoms with van der Waals surface area (Å²) < 4.78 is 10.3. The van der Waals surface area contributed by atoms with Gasteiger partial charge in [-0.1, -0.05) is 5.16 Å². The molecule has 0 atom stereocenters. The second kappa shape index (κ2) is 3.88. The minimum absolute atomic E-state index is 0.336. The van der Waals surface area contributed by atoms with Crippen molar-refractivity contribution in [3.63, 3.8) is 0 Å². The van der Waals surface area contributed by atoms with Crippen molar-refractivity contribution in [3.8, 4) is 28.4 Å². The Morgan fingerprint density at radius 1 is 1.35 bits per heavy atom. The summed E-state index contributed by atoms with van der Waals surface area (Å²) >= 11 is 1.39. The van der Waals surface area contributed by atoms with E-state index >= 15 is 0 Å². The minimum Gasteiger partial charge on any atom is -0.461 e. The van der Waals surface area contributed by atoms with Crippen molar-refractivity contribution in [2.24, 2.45) is 0 Å². The van der Waals surface area contributed by atoms with Crippen LogP contribution >= 0.6 is 11.3 Å². The van der Waals surface area contributed by atoms with Crippen LogP contribution in [0.5, 0.6) is 0 Å². The second-order valence-corrected chi connectivity index (χ2v) is 4.09. The third kappa shape index (κ3) is 1.62. The van der Waals surface area contributed by atoms with Crippen LogP contribution in [0, 0.1) is 11.3 Å². The molecule has 0 aliphatic rings. The molecule has 0 saturated heterocycles. The Morgan fingerprint density at radius 2 is 2.29 bits per heavy atom. The summed E-state index contributed by atoms with van der Waals surface area (Å²) in [6.45, 7) is 0. The van der Waals surface area contributed by atoms with Crippen LogP contribution in [-0.2, 0) is 0 Å². The highest BCUT2D eigenvalue weighted by atomic mass is 32.1. The van der Waals surface area contributed by atoms with Crippen LogP contribution in [0.1, 0.15) is 5.56 Å². The van der Waals surface area contributed by atoms with E-state index in [1.807, 2.05) is 5.38 Å². The highest BCUT2D eigenvalue weighted by Crippen LogP contribution is 2.29. The van der Waals surface area contributed by atoms with E-state index in [-0.39, 0.29) is 0 Å². The van der Waals surface area contributed by atoms with Crippen LogP contribution in [0.15, 0.2) is 38.8 Å². The predicted molar refractivity (Wildman–Crippen MR) is 60.0 cm³/mol. The Kier molecular flexibility index (Phi) is 2.24. The summed E-state index contributed by atoms with van der Waals surface area (Å²) in [7, 11) is 0. The van der Waals surface area contributed by atoms with Gasteiger partial charge >= 0.3 is 0 Å². The van der Waals surface area contributed by atoms with Gasteiger partial charge in [0, 0.05) is 0 Å². The summed E-state index contributed by atoms with van der Waals surface area (Å²) in [5.74, 6) is 1.25. The lowest BCUT2D eigenvalue weighted by molar-refractivity contribution is 0.430. The van der Waals surface area contributed by atoms with Crippen LogP contribution in [0.2, 0.25) is 0 Å². The van der Waals surface area contributed by atoms with E-state index in [2.05, 4.69) is 16.2 Å². The van der Waals surface area contributed by atoms with Gasteiger partial charge in [-0.3, -0.25) is 0 Å². The molecule has 0 aliphatic carbocycles. The fourth-order valence-electron chi connectivity index (χ4n) is 1.38. The number of furan rings is 1. The number of hydrogen-bond acceptors (Lipinski definition) is 6. The van der Waals surface area contributed by atoms with Gasteiger partial charge in [0.05, 0.1) is 11.8 Å². The zero-order chi connectivity index (χ0) is 11.7. The monoisotopic (exact) mass is 243 g/mol. The molecule has 3 aromatic heterocycles. The van der Waals surface area contributed by atoms with Gasteiger partial charge in [0.2, 0.25) is 5.82 Å². The van der Waals surface area contributed by atoms with Crippen LogP contribution in [-0.4, -0.2) is 10.1 Å². The standard InChI is InChI=1S/C11H5N3O2S/c12-6-7-3-5-17-9(7)11-13-10(14-16-11)8-2-1-4-15-8/h1-5H. The van der Waals surface area contributed by atoms with Gasteiger partial charge in [-0.25, -0.2) is 0 Å². The first kappa shape index (κ1) is 9.81. The first-order valence-electron chi connectivity index (χ1n) is 4.74. The second-order valence-electron chi connectivity index (χ2n) is 3.18. The molecule has 0 aromatic carbocycles. The van der Waals surface area contributed by atoms with E-state index in [0.717, 1.165) is 0 Å². The smallest absolute Gasteiger partial charge is 0.269 e. The third-order valence-electron chi connectivity index (χ3n) is 2.15. The Morgan fingerprint density at radius 3 is 3.06 bits per heavy atom. The quantitative estimate of drug-likeness (QED) is 0.691. The SMILES string of the molecule is N#Cc1ccsc1-c1nc(-c2ccco2)no1. The maximum atomic E-state index is 8.91. The van der Waals surface area contributed by atoms with E-state index < -0.39 is 0 Å². The number of rotatable bonds is 2. The van der Waals surface area contributed by atoms with Gasteiger partial charge in [-0.2, -0.15) is 10.2 Å². The summed E-state index contributed by atoms with van der Waals surface area (Å²) in [6, 6.07) is 7.29. The molecule has 3 heterocycles. The summed E-state index contributed by atoms with van der Waals surface area (Å²) in [6.07, 6.45) is 1.54. The minimum atomic E-state index is 0.336. The van der Waals surface area contributed by atoms with E-state index in [1.54, 1.807) is 18.2 Å². The fourth-order valence-corrected chi connectivity index (χ4v) is 2.15. The predicted octanol–water partition coefficient (Wildman–Crippen LogP) is 2.93. The number of aromatic nitrogens is 2. The van der Waals surface area contributed by atoms with Crippen molar-refractivity contribution < 1.29 is 8.94 Å². The molecule has 6 heteroatoms. The highest BCUT2D eigenvalue weighted by Gasteiger charge is 2.16. The molecular formula is C11H5N3O2S. The van der Waals surface area contributed by atoms with Gasteiger partial charge in [-0.05, 0) is 23.6 Å². The normalized spacial score (nSPS) is 10.3. The Labute approximate surface area is 99.9 Å². The fraction of sp³-hybridized carbons (Fsp3) is 0. The number of nitriles is 1. The molecule has 0 fully saturated rings. The largest absolute Gasteiger partial charge is 0.461 e. The molecule has 5 nitrogen and oxygen atoms in total. The number of hydrogen-bond donors (Lipinski definition) is 0. The lowest BCUT2D eigenvalue weighted by atomic mass is 10.3. The Balaban J connectivity index is 2.04. The molecule has 0 N–H and O–H groups in total. The molecule has 0 radical (unpaired) electrons. The van der Waals surface area contributed by atoms with Crippen molar-refractivity contribution in [2.45, 2.75) is 0 Å². The zero-order valence-corrected chi connectivity index (χ0v) is 9.27. The van der Waals surface area contributed by atoms with Gasteiger partial charge in [0.1, 0.15) is 10.9 Å². The molecular weight excluding hydrogens is 238 g/mol. The first-order valence-corrected chi connectivity index (χ1v) is 5.62. The molecule has 0 spiro atoms. The Hall–Kier alpha value is -2.39. The Bertz CT molecular complexity index is 676. The molecule has 82 valence electrons. The molecule has 0 unspecified atom stereocenters. The first-order chi connectivity index (χ1) is 8.38. The van der Waals surface area contributed by atoms with E-state index in [9.17, 15) is 0 Å². The molecule has 3 rings (SSSR count). The molecule has 0 saturated carbocycles. The van der Waals surface area contributed by atoms with E-state index in [1.165, 1.54) is 17.6 Å². The topological polar surface area (TPSA) is 75.8 Å². The van der Waals surface area contributed by atoms with Crippen LogP contribution in [0.3, 0.4) is 0 Å². The van der Waals surface area contributed by atoms with Crippen molar-refractivity contribution in [2.75, 3.05) is 0 Å².